The van der Waals surface area contributed by atoms with Crippen LogP contribution in [0.15, 0.2) is 35.4 Å². The van der Waals surface area contributed by atoms with Gasteiger partial charge in [0.25, 0.3) is 0 Å². The molecule has 0 aliphatic heterocycles. The van der Waals surface area contributed by atoms with Crippen LogP contribution in [0.4, 0.5) is 13.2 Å². The normalized spacial score (nSPS) is 13.5. The molecule has 0 aliphatic rings. The third kappa shape index (κ3) is 2.97. The van der Waals surface area contributed by atoms with Crippen LogP contribution in [0, 0.1) is 0 Å². The Bertz CT molecular complexity index is 924. The van der Waals surface area contributed by atoms with E-state index in [0.717, 1.165) is 12.3 Å². The van der Waals surface area contributed by atoms with E-state index in [1.165, 1.54) is 6.26 Å². The van der Waals surface area contributed by atoms with E-state index in [4.69, 9.17) is 11.6 Å². The van der Waals surface area contributed by atoms with Crippen LogP contribution < -0.4 is 0 Å². The first-order chi connectivity index (χ1) is 11.2. The molecule has 126 valence electrons. The minimum atomic E-state index is -4.54. The number of nitrogens with zero attached hydrogens (tertiary/aromatic N) is 3. The quantitative estimate of drug-likeness (QED) is 0.637. The van der Waals surface area contributed by atoms with E-state index < -0.39 is 23.0 Å². The molecule has 24 heavy (non-hydrogen) atoms. The van der Waals surface area contributed by atoms with Gasteiger partial charge in [0.15, 0.2) is 4.90 Å². The fraction of sp³-hybridized carbons (Fsp3) is 0.200. The summed E-state index contributed by atoms with van der Waals surface area (Å²) in [5.74, 6) is 0.396. The lowest BCUT2D eigenvalue weighted by atomic mass is 10.2. The Kier molecular flexibility index (Phi) is 4.23. The second kappa shape index (κ2) is 5.94. The Balaban J connectivity index is 2.23. The molecule has 1 atom stereocenters. The van der Waals surface area contributed by atoms with Crippen LogP contribution >= 0.6 is 11.6 Å². The molecule has 2 aromatic heterocycles. The summed E-state index contributed by atoms with van der Waals surface area (Å²) < 4.78 is 52.0. The fourth-order valence-electron chi connectivity index (χ4n) is 2.40. The molecule has 0 bridgehead atoms. The standard InChI is InChI=1S/C15H11ClF3N3OS/c1-22-11-7-20-13(15(17,18)19)6-10(11)21-14(22)9-4-3-8(16)5-12(9)24(2)23/h3-7H,1-2H3. The fourth-order valence-corrected chi connectivity index (χ4v) is 3.40. The van der Waals surface area contributed by atoms with Gasteiger partial charge in [-0.2, -0.15) is 13.2 Å². The van der Waals surface area contributed by atoms with E-state index in [0.29, 0.717) is 26.8 Å². The number of hydrogen-bond donors (Lipinski definition) is 0. The number of halogens is 4. The summed E-state index contributed by atoms with van der Waals surface area (Å²) in [6.45, 7) is 0. The van der Waals surface area contributed by atoms with E-state index in [-0.39, 0.29) is 5.52 Å². The lowest BCUT2D eigenvalue weighted by Gasteiger charge is -2.10. The molecular weight excluding hydrogens is 363 g/mol. The maximum Gasteiger partial charge on any atom is 0.433 e. The van der Waals surface area contributed by atoms with Crippen molar-refractivity contribution in [1.82, 2.24) is 14.5 Å². The second-order valence-electron chi connectivity index (χ2n) is 5.15. The lowest BCUT2D eigenvalue weighted by Crippen LogP contribution is -2.07. The predicted octanol–water partition coefficient (Wildman–Crippen LogP) is 4.04. The molecule has 2 heterocycles. The molecule has 0 spiro atoms. The zero-order valence-electron chi connectivity index (χ0n) is 12.6. The zero-order chi connectivity index (χ0) is 17.6. The summed E-state index contributed by atoms with van der Waals surface area (Å²) in [7, 11) is 1.66. The summed E-state index contributed by atoms with van der Waals surface area (Å²) in [6.07, 6.45) is -1.91. The first-order valence-electron chi connectivity index (χ1n) is 6.71. The van der Waals surface area contributed by atoms with E-state index >= 15 is 0 Å². The molecular formula is C15H11ClF3N3OS. The highest BCUT2D eigenvalue weighted by atomic mass is 35.5. The highest BCUT2D eigenvalue weighted by Crippen LogP contribution is 2.33. The minimum absolute atomic E-state index is 0.164. The van der Waals surface area contributed by atoms with Crippen molar-refractivity contribution in [3.63, 3.8) is 0 Å². The predicted molar refractivity (Wildman–Crippen MR) is 86.3 cm³/mol. The van der Waals surface area contributed by atoms with Crippen LogP contribution in [0.1, 0.15) is 5.69 Å². The van der Waals surface area contributed by atoms with Gasteiger partial charge in [-0.05, 0) is 29.4 Å². The van der Waals surface area contributed by atoms with Gasteiger partial charge in [-0.15, -0.1) is 0 Å². The number of aromatic nitrogens is 3. The van der Waals surface area contributed by atoms with Crippen LogP contribution in [-0.2, 0) is 24.4 Å². The largest absolute Gasteiger partial charge is 0.612 e. The minimum Gasteiger partial charge on any atom is -0.612 e. The number of aryl methyl sites for hydroxylation is 1. The Labute approximate surface area is 143 Å². The Hall–Kier alpha value is -1.77. The van der Waals surface area contributed by atoms with E-state index in [1.807, 2.05) is 0 Å². The van der Waals surface area contributed by atoms with Crippen molar-refractivity contribution in [1.29, 1.82) is 0 Å². The van der Waals surface area contributed by atoms with Gasteiger partial charge in [0.2, 0.25) is 0 Å². The average Bonchev–Trinajstić information content (AvgIpc) is 2.83. The Morgan fingerprint density at radius 3 is 2.58 bits per heavy atom. The number of pyridine rings is 1. The number of hydrogen-bond acceptors (Lipinski definition) is 3. The highest BCUT2D eigenvalue weighted by Gasteiger charge is 2.33. The van der Waals surface area contributed by atoms with Crippen LogP contribution in [0.2, 0.25) is 5.02 Å². The van der Waals surface area contributed by atoms with Crippen molar-refractivity contribution in [2.75, 3.05) is 6.26 Å². The van der Waals surface area contributed by atoms with E-state index in [1.54, 1.807) is 29.8 Å². The van der Waals surface area contributed by atoms with Crippen LogP contribution in [0.5, 0.6) is 0 Å². The molecule has 0 radical (unpaired) electrons. The molecule has 0 saturated heterocycles. The van der Waals surface area contributed by atoms with Crippen molar-refractivity contribution in [2.24, 2.45) is 7.05 Å². The maximum atomic E-state index is 12.8. The van der Waals surface area contributed by atoms with Gasteiger partial charge in [0.1, 0.15) is 17.8 Å². The number of fused-ring (bicyclic) bond motifs is 1. The molecule has 0 aliphatic carbocycles. The van der Waals surface area contributed by atoms with Crippen LogP contribution in [0.25, 0.3) is 22.4 Å². The summed E-state index contributed by atoms with van der Waals surface area (Å²) in [6, 6.07) is 5.73. The van der Waals surface area contributed by atoms with Crippen LogP contribution in [0.3, 0.4) is 0 Å². The Morgan fingerprint density at radius 2 is 1.96 bits per heavy atom. The van der Waals surface area contributed by atoms with Gasteiger partial charge >= 0.3 is 6.18 Å². The molecule has 0 amide bonds. The van der Waals surface area contributed by atoms with Crippen molar-refractivity contribution in [3.8, 4) is 11.4 Å². The van der Waals surface area contributed by atoms with E-state index in [2.05, 4.69) is 9.97 Å². The third-order valence-corrected chi connectivity index (χ3v) is 4.74. The molecule has 1 unspecified atom stereocenters. The lowest BCUT2D eigenvalue weighted by molar-refractivity contribution is -0.141. The van der Waals surface area contributed by atoms with Crippen molar-refractivity contribution in [2.45, 2.75) is 11.1 Å². The summed E-state index contributed by atoms with van der Waals surface area (Å²) >= 11 is 4.61. The molecule has 1 aromatic carbocycles. The Morgan fingerprint density at radius 1 is 1.25 bits per heavy atom. The van der Waals surface area contributed by atoms with Gasteiger partial charge in [0, 0.05) is 18.1 Å². The number of alkyl halides is 3. The highest BCUT2D eigenvalue weighted by molar-refractivity contribution is 7.90. The maximum absolute atomic E-state index is 12.8. The first kappa shape index (κ1) is 17.1. The van der Waals surface area contributed by atoms with Crippen molar-refractivity contribution in [3.05, 3.63) is 41.2 Å². The second-order valence-corrected chi connectivity index (χ2v) is 6.93. The number of imidazole rings is 1. The van der Waals surface area contributed by atoms with Crippen molar-refractivity contribution >= 4 is 33.8 Å². The smallest absolute Gasteiger partial charge is 0.433 e. The molecule has 4 nitrogen and oxygen atoms in total. The van der Waals surface area contributed by atoms with Gasteiger partial charge in [-0.25, -0.2) is 9.97 Å². The molecule has 0 N–H and O–H groups in total. The molecule has 3 rings (SSSR count). The topological polar surface area (TPSA) is 53.8 Å². The third-order valence-electron chi connectivity index (χ3n) is 3.55. The zero-order valence-corrected chi connectivity index (χ0v) is 14.1. The molecule has 9 heteroatoms. The summed E-state index contributed by atoms with van der Waals surface area (Å²) in [4.78, 5) is 8.19. The van der Waals surface area contributed by atoms with Gasteiger partial charge < -0.3 is 9.12 Å². The monoisotopic (exact) mass is 373 g/mol. The SMILES string of the molecule is Cn1c(-c2ccc(Cl)cc2[S+](C)[O-])nc2cc(C(F)(F)F)ncc21. The first-order valence-corrected chi connectivity index (χ1v) is 8.65. The van der Waals surface area contributed by atoms with Crippen LogP contribution in [-0.4, -0.2) is 25.3 Å². The summed E-state index contributed by atoms with van der Waals surface area (Å²) in [5, 5.41) is 0.420. The van der Waals surface area contributed by atoms with Gasteiger partial charge in [-0.1, -0.05) is 11.6 Å². The molecule has 0 saturated carbocycles. The van der Waals surface area contributed by atoms with Gasteiger partial charge in [-0.3, -0.25) is 0 Å². The number of rotatable bonds is 2. The van der Waals surface area contributed by atoms with E-state index in [9.17, 15) is 17.7 Å². The van der Waals surface area contributed by atoms with Crippen molar-refractivity contribution < 1.29 is 17.7 Å². The molecule has 3 aromatic rings. The molecule has 0 fully saturated rings. The summed E-state index contributed by atoms with van der Waals surface area (Å²) in [5.41, 5.74) is 0.154. The average molecular weight is 374 g/mol. The number of benzene rings is 1. The van der Waals surface area contributed by atoms with Gasteiger partial charge in [0.05, 0.1) is 22.8 Å².